The van der Waals surface area contributed by atoms with Gasteiger partial charge in [-0.3, -0.25) is 4.84 Å². The maximum absolute atomic E-state index is 11.7. The molecule has 0 saturated heterocycles. The van der Waals surface area contributed by atoms with E-state index in [2.05, 4.69) is 10.3 Å². The first-order valence-corrected chi connectivity index (χ1v) is 7.88. The van der Waals surface area contributed by atoms with Gasteiger partial charge in [0.25, 0.3) is 5.69 Å². The maximum Gasteiger partial charge on any atom is 0.263 e. The van der Waals surface area contributed by atoms with Crippen molar-refractivity contribution in [3.8, 4) is 5.75 Å². The second-order valence-corrected chi connectivity index (χ2v) is 5.78. The molecule has 1 aliphatic heterocycles. The van der Waals surface area contributed by atoms with Gasteiger partial charge in [-0.2, -0.15) is 4.73 Å². The smallest absolute Gasteiger partial charge is 0.263 e. The van der Waals surface area contributed by atoms with E-state index in [9.17, 15) is 10.3 Å². The van der Waals surface area contributed by atoms with Crippen molar-refractivity contribution in [3.63, 3.8) is 0 Å². The van der Waals surface area contributed by atoms with Crippen molar-refractivity contribution in [2.24, 2.45) is 4.99 Å². The number of nitrogens with zero attached hydrogens (tertiary/aromatic N) is 3. The highest BCUT2D eigenvalue weighted by molar-refractivity contribution is 6.39. The Morgan fingerprint density at radius 3 is 2.75 bits per heavy atom. The van der Waals surface area contributed by atoms with E-state index in [-0.39, 0.29) is 18.1 Å². The van der Waals surface area contributed by atoms with E-state index in [0.29, 0.717) is 39.5 Å². The number of anilines is 1. The average molecular weight is 369 g/mol. The first-order valence-electron chi connectivity index (χ1n) is 7.12. The fourth-order valence-electron chi connectivity index (χ4n) is 2.18. The summed E-state index contributed by atoms with van der Waals surface area (Å²) < 4.78 is 0.556. The van der Waals surface area contributed by atoms with Gasteiger partial charge < -0.3 is 15.6 Å². The Balaban J connectivity index is 1.70. The molecule has 1 aromatic carbocycles. The molecule has 0 radical (unpaired) electrons. The molecule has 1 aliphatic rings. The van der Waals surface area contributed by atoms with E-state index in [1.807, 2.05) is 0 Å². The van der Waals surface area contributed by atoms with Crippen LogP contribution in [0.3, 0.4) is 0 Å². The molecule has 0 saturated carbocycles. The third kappa shape index (κ3) is 3.48. The van der Waals surface area contributed by atoms with Crippen molar-refractivity contribution in [1.29, 1.82) is 0 Å². The monoisotopic (exact) mass is 368 g/mol. The third-order valence-corrected chi connectivity index (χ3v) is 4.02. The van der Waals surface area contributed by atoms with Crippen LogP contribution in [0.15, 0.2) is 41.5 Å². The summed E-state index contributed by atoms with van der Waals surface area (Å²) in [6, 6.07) is 8.03. The predicted octanol–water partition coefficient (Wildman–Crippen LogP) is 2.55. The Bertz CT molecular complexity index is 745. The number of rotatable bonds is 4. The summed E-state index contributed by atoms with van der Waals surface area (Å²) in [4.78, 5) is 9.88. The summed E-state index contributed by atoms with van der Waals surface area (Å²) in [6.45, 7) is 0.909. The van der Waals surface area contributed by atoms with Crippen molar-refractivity contribution in [2.75, 3.05) is 18.4 Å². The van der Waals surface area contributed by atoms with E-state index in [0.717, 1.165) is 0 Å². The molecule has 0 atom stereocenters. The van der Waals surface area contributed by atoms with Gasteiger partial charge in [-0.1, -0.05) is 29.3 Å². The zero-order chi connectivity index (χ0) is 17.1. The highest BCUT2D eigenvalue weighted by Crippen LogP contribution is 2.30. The van der Waals surface area contributed by atoms with E-state index in [1.54, 1.807) is 18.2 Å². The molecule has 24 heavy (non-hydrogen) atoms. The van der Waals surface area contributed by atoms with Crippen LogP contribution in [0.4, 0.5) is 5.69 Å². The highest BCUT2D eigenvalue weighted by atomic mass is 35.5. The lowest BCUT2D eigenvalue weighted by Gasteiger charge is -2.21. The van der Waals surface area contributed by atoms with Crippen LogP contribution in [-0.2, 0) is 11.4 Å². The van der Waals surface area contributed by atoms with Gasteiger partial charge >= 0.3 is 0 Å². The number of hydroxylamine groups is 2. The lowest BCUT2D eigenvalue weighted by molar-refractivity contribution is -0.618. The minimum absolute atomic E-state index is 0.104. The zero-order valence-corrected chi connectivity index (χ0v) is 14.0. The van der Waals surface area contributed by atoms with E-state index in [1.165, 1.54) is 23.4 Å². The van der Waals surface area contributed by atoms with Crippen LogP contribution in [0.2, 0.25) is 10.0 Å². The average Bonchev–Trinajstić information content (AvgIpc) is 2.98. The number of aromatic hydroxyl groups is 1. The number of aromatic nitrogens is 1. The molecule has 2 aromatic rings. The molecule has 3 rings (SSSR count). The molecule has 0 amide bonds. The summed E-state index contributed by atoms with van der Waals surface area (Å²) in [5.74, 6) is 0.296. The van der Waals surface area contributed by atoms with Crippen LogP contribution in [0, 0.1) is 5.21 Å². The van der Waals surface area contributed by atoms with Gasteiger partial charge in [-0.15, -0.1) is 0 Å². The van der Waals surface area contributed by atoms with Crippen molar-refractivity contribution < 1.29 is 14.7 Å². The molecule has 0 unspecified atom stereocenters. The Labute approximate surface area is 148 Å². The summed E-state index contributed by atoms with van der Waals surface area (Å²) in [5.41, 5.74) is 0.635. The van der Waals surface area contributed by atoms with Crippen LogP contribution >= 0.6 is 23.2 Å². The minimum atomic E-state index is -0.132. The molecule has 0 bridgehead atoms. The van der Waals surface area contributed by atoms with Crippen molar-refractivity contribution in [2.45, 2.75) is 6.61 Å². The van der Waals surface area contributed by atoms with Gasteiger partial charge in [0.05, 0.1) is 28.8 Å². The molecular weight excluding hydrogens is 355 g/mol. The zero-order valence-electron chi connectivity index (χ0n) is 12.4. The first kappa shape index (κ1) is 16.6. The van der Waals surface area contributed by atoms with Crippen molar-refractivity contribution in [1.82, 2.24) is 5.06 Å². The van der Waals surface area contributed by atoms with Crippen LogP contribution < -0.4 is 10.0 Å². The Morgan fingerprint density at radius 2 is 2.04 bits per heavy atom. The Morgan fingerprint density at radius 1 is 1.29 bits per heavy atom. The number of hydrogen-bond donors (Lipinski definition) is 2. The van der Waals surface area contributed by atoms with Gasteiger partial charge in [0.2, 0.25) is 5.96 Å². The summed E-state index contributed by atoms with van der Waals surface area (Å²) in [5, 5.41) is 26.9. The molecule has 0 spiro atoms. The molecule has 9 heteroatoms. The number of aliphatic imine (C=N–C) groups is 1. The van der Waals surface area contributed by atoms with Gasteiger partial charge in [0.15, 0.2) is 18.6 Å². The van der Waals surface area contributed by atoms with Gasteiger partial charge in [-0.25, -0.2) is 10.1 Å². The van der Waals surface area contributed by atoms with Gasteiger partial charge in [0.1, 0.15) is 0 Å². The van der Waals surface area contributed by atoms with Crippen molar-refractivity contribution >= 4 is 34.8 Å². The molecule has 7 nitrogen and oxygen atoms in total. The molecule has 126 valence electrons. The largest absolute Gasteiger partial charge is 0.618 e. The Hall–Kier alpha value is -2.22. The van der Waals surface area contributed by atoms with Gasteiger partial charge in [-0.05, 0) is 18.2 Å². The molecule has 2 heterocycles. The topological polar surface area (TPSA) is 84.0 Å². The molecular formula is C15H14Cl2N4O3. The van der Waals surface area contributed by atoms with E-state index < -0.39 is 0 Å². The fraction of sp³-hybridized carbons (Fsp3) is 0.200. The standard InChI is InChI=1S/C15H14Cl2N4O3/c16-10-3-1-4-11(17)14(10)19-15-18-6-8-21(15)24-9-12-13(22)5-2-7-20(12)23/h1-5,7,22H,6,8-9H2,(H,18,19). The number of benzene rings is 1. The quantitative estimate of drug-likeness (QED) is 0.639. The maximum atomic E-state index is 11.7. The number of nitrogens with one attached hydrogen (secondary N) is 1. The number of pyridine rings is 1. The van der Waals surface area contributed by atoms with Crippen LogP contribution in [0.5, 0.6) is 5.75 Å². The molecule has 2 N–H and O–H groups in total. The molecule has 1 aromatic heterocycles. The summed E-state index contributed by atoms with van der Waals surface area (Å²) in [6.07, 6.45) is 1.29. The van der Waals surface area contributed by atoms with Crippen LogP contribution in [-0.4, -0.2) is 29.2 Å². The first-order chi connectivity index (χ1) is 11.6. The number of guanidine groups is 1. The number of halogens is 2. The highest BCUT2D eigenvalue weighted by Gasteiger charge is 2.22. The second-order valence-electron chi connectivity index (χ2n) is 4.97. The van der Waals surface area contributed by atoms with E-state index in [4.69, 9.17) is 28.0 Å². The van der Waals surface area contributed by atoms with Crippen LogP contribution in [0.1, 0.15) is 5.69 Å². The minimum Gasteiger partial charge on any atom is -0.618 e. The third-order valence-electron chi connectivity index (χ3n) is 3.39. The molecule has 0 fully saturated rings. The van der Waals surface area contributed by atoms with Crippen molar-refractivity contribution in [3.05, 3.63) is 57.5 Å². The normalized spacial score (nSPS) is 13.9. The Kier molecular flexibility index (Phi) is 4.94. The number of para-hydroxylation sites is 1. The fourth-order valence-corrected chi connectivity index (χ4v) is 2.67. The predicted molar refractivity (Wildman–Crippen MR) is 90.9 cm³/mol. The van der Waals surface area contributed by atoms with Gasteiger partial charge in [0, 0.05) is 6.07 Å². The SMILES string of the molecule is [O-][n+]1cccc(O)c1CON1CCN=C1Nc1c(Cl)cccc1Cl. The lowest BCUT2D eigenvalue weighted by atomic mass is 10.3. The summed E-state index contributed by atoms with van der Waals surface area (Å²) in [7, 11) is 0. The summed E-state index contributed by atoms with van der Waals surface area (Å²) >= 11 is 12.3. The number of hydrogen-bond acceptors (Lipinski definition) is 6. The van der Waals surface area contributed by atoms with E-state index >= 15 is 0 Å². The second kappa shape index (κ2) is 7.12. The molecule has 0 aliphatic carbocycles. The van der Waals surface area contributed by atoms with Crippen LogP contribution in [0.25, 0.3) is 0 Å². The lowest BCUT2D eigenvalue weighted by Crippen LogP contribution is -2.36.